The summed E-state index contributed by atoms with van der Waals surface area (Å²) in [6.45, 7) is 6.86. The van der Waals surface area contributed by atoms with Crippen LogP contribution in [0.3, 0.4) is 0 Å². The Bertz CT molecular complexity index is 1560. The summed E-state index contributed by atoms with van der Waals surface area (Å²) in [7, 11) is 1.90. The van der Waals surface area contributed by atoms with Crippen molar-refractivity contribution in [1.82, 2.24) is 29.8 Å². The van der Waals surface area contributed by atoms with Gasteiger partial charge in [0.15, 0.2) is 0 Å². The lowest BCUT2D eigenvalue weighted by atomic mass is 9.81. The lowest BCUT2D eigenvalue weighted by molar-refractivity contribution is -0.161. The fraction of sp³-hybridized carbons (Fsp3) is 0.486. The number of carbonyl (C=O) groups excluding carboxylic acids is 3. The number of amides is 3. The first-order valence-electron chi connectivity index (χ1n) is 16.4. The zero-order chi connectivity index (χ0) is 32.7. The van der Waals surface area contributed by atoms with Gasteiger partial charge in [0, 0.05) is 45.5 Å². The lowest BCUT2D eigenvalue weighted by Crippen LogP contribution is -2.72. The molecule has 3 aromatic rings. The van der Waals surface area contributed by atoms with E-state index in [0.29, 0.717) is 64.8 Å². The van der Waals surface area contributed by atoms with Crippen LogP contribution in [0.25, 0.3) is 5.69 Å². The van der Waals surface area contributed by atoms with E-state index in [1.165, 1.54) is 0 Å². The van der Waals surface area contributed by atoms with Crippen LogP contribution in [0.4, 0.5) is 4.79 Å². The Morgan fingerprint density at radius 1 is 1.00 bits per heavy atom. The van der Waals surface area contributed by atoms with E-state index in [0.717, 1.165) is 28.9 Å². The van der Waals surface area contributed by atoms with Gasteiger partial charge in [0.2, 0.25) is 11.8 Å². The second-order valence-electron chi connectivity index (χ2n) is 12.3. The van der Waals surface area contributed by atoms with Crippen molar-refractivity contribution in [1.29, 1.82) is 0 Å². The Balaban J connectivity index is 1.13. The quantitative estimate of drug-likeness (QED) is 0.295. The molecule has 1 spiro atoms. The van der Waals surface area contributed by atoms with Gasteiger partial charge in [-0.25, -0.2) is 9.48 Å². The van der Waals surface area contributed by atoms with Gasteiger partial charge in [-0.1, -0.05) is 55.5 Å². The number of alkyl carbamates (subject to hydrolysis) is 1. The molecule has 246 valence electrons. The first kappa shape index (κ1) is 33.0. The van der Waals surface area contributed by atoms with Gasteiger partial charge in [-0.2, -0.15) is 0 Å². The summed E-state index contributed by atoms with van der Waals surface area (Å²) in [5.74, 6) is -0.120. The highest BCUT2D eigenvalue weighted by atomic mass is 16.5. The molecule has 11 nitrogen and oxygen atoms in total. The molecule has 2 aromatic carbocycles. The molecule has 1 atom stereocenters. The number of piperazine rings is 1. The maximum atomic E-state index is 13.7. The summed E-state index contributed by atoms with van der Waals surface area (Å²) in [5, 5.41) is 5.80. The van der Waals surface area contributed by atoms with Gasteiger partial charge in [0.1, 0.15) is 18.2 Å². The standard InChI is InChI=1S/C35H46N6O5/c1-4-21-40-32(43)30(17-11-12-20-36-34(45)46-25-27-13-7-5-8-14-27)37-33(44)35(40)18-22-39(23-19-35)24-29-26(2)38(3)41(31(29)42)28-15-9-6-10-16-28/h5-10,13-16,30H,4,11-12,17-25H2,1-3H3,(H,36,45)(H,37,44)/t30-/m0/s1. The van der Waals surface area contributed by atoms with Gasteiger partial charge in [-0.05, 0) is 63.1 Å². The fourth-order valence-electron chi connectivity index (χ4n) is 6.66. The van der Waals surface area contributed by atoms with Gasteiger partial charge in [0.05, 0.1) is 11.3 Å². The normalized spacial score (nSPS) is 18.1. The first-order chi connectivity index (χ1) is 22.2. The Morgan fingerprint density at radius 2 is 1.67 bits per heavy atom. The van der Waals surface area contributed by atoms with E-state index >= 15 is 0 Å². The number of hydrogen-bond acceptors (Lipinski definition) is 6. The summed E-state index contributed by atoms with van der Waals surface area (Å²) in [6, 6.07) is 18.5. The number of carbonyl (C=O) groups is 3. The van der Waals surface area contributed by atoms with Gasteiger partial charge in [0.25, 0.3) is 5.56 Å². The maximum absolute atomic E-state index is 13.7. The molecule has 5 rings (SSSR count). The van der Waals surface area contributed by atoms with Crippen LogP contribution in [0.5, 0.6) is 0 Å². The number of para-hydroxylation sites is 1. The third-order valence-corrected chi connectivity index (χ3v) is 9.40. The predicted octanol–water partition coefficient (Wildman–Crippen LogP) is 3.65. The Labute approximate surface area is 270 Å². The number of aromatic nitrogens is 2. The minimum atomic E-state index is -0.875. The molecular weight excluding hydrogens is 584 g/mol. The highest BCUT2D eigenvalue weighted by Crippen LogP contribution is 2.34. The number of unbranched alkanes of at least 4 members (excludes halogenated alkanes) is 1. The molecule has 3 amide bonds. The van der Waals surface area contributed by atoms with Gasteiger partial charge in [-0.15, -0.1) is 0 Å². The molecule has 0 saturated carbocycles. The molecule has 2 fully saturated rings. The van der Waals surface area contributed by atoms with Crippen molar-refractivity contribution in [3.8, 4) is 5.69 Å². The monoisotopic (exact) mass is 630 g/mol. The van der Waals surface area contributed by atoms with Crippen LogP contribution in [0.15, 0.2) is 65.5 Å². The zero-order valence-electron chi connectivity index (χ0n) is 27.2. The van der Waals surface area contributed by atoms with Gasteiger partial charge in [-0.3, -0.25) is 24.0 Å². The van der Waals surface area contributed by atoms with E-state index in [1.807, 2.05) is 91.1 Å². The van der Waals surface area contributed by atoms with E-state index < -0.39 is 17.7 Å². The summed E-state index contributed by atoms with van der Waals surface area (Å²) in [4.78, 5) is 57.0. The van der Waals surface area contributed by atoms with Crippen molar-refractivity contribution in [2.75, 3.05) is 26.2 Å². The van der Waals surface area contributed by atoms with Crippen molar-refractivity contribution in [2.24, 2.45) is 7.05 Å². The van der Waals surface area contributed by atoms with E-state index in [-0.39, 0.29) is 24.0 Å². The highest BCUT2D eigenvalue weighted by molar-refractivity contribution is 6.00. The summed E-state index contributed by atoms with van der Waals surface area (Å²) < 4.78 is 8.83. The van der Waals surface area contributed by atoms with Crippen molar-refractivity contribution >= 4 is 17.9 Å². The molecule has 2 N–H and O–H groups in total. The smallest absolute Gasteiger partial charge is 0.407 e. The van der Waals surface area contributed by atoms with Crippen molar-refractivity contribution in [3.63, 3.8) is 0 Å². The van der Waals surface area contributed by atoms with Crippen LogP contribution < -0.4 is 16.2 Å². The topological polar surface area (TPSA) is 118 Å². The van der Waals surface area contributed by atoms with Crippen molar-refractivity contribution in [2.45, 2.75) is 77.1 Å². The minimum Gasteiger partial charge on any atom is -0.445 e. The minimum absolute atomic E-state index is 0.0326. The van der Waals surface area contributed by atoms with Crippen LogP contribution in [0.1, 0.15) is 62.3 Å². The van der Waals surface area contributed by atoms with Crippen LogP contribution >= 0.6 is 0 Å². The maximum Gasteiger partial charge on any atom is 0.407 e. The van der Waals surface area contributed by atoms with Crippen LogP contribution in [-0.4, -0.2) is 74.8 Å². The number of ether oxygens (including phenoxy) is 1. The average Bonchev–Trinajstić information content (AvgIpc) is 3.28. The molecule has 0 aliphatic carbocycles. The van der Waals surface area contributed by atoms with Crippen molar-refractivity contribution < 1.29 is 19.1 Å². The zero-order valence-corrected chi connectivity index (χ0v) is 27.2. The van der Waals surface area contributed by atoms with Crippen LogP contribution in [-0.2, 0) is 34.5 Å². The molecule has 11 heteroatoms. The second-order valence-corrected chi connectivity index (χ2v) is 12.3. The summed E-state index contributed by atoms with van der Waals surface area (Å²) in [6.07, 6.45) is 3.17. The third kappa shape index (κ3) is 7.04. The molecule has 2 saturated heterocycles. The highest BCUT2D eigenvalue weighted by Gasteiger charge is 2.53. The molecular formula is C35H46N6O5. The molecule has 0 bridgehead atoms. The third-order valence-electron chi connectivity index (χ3n) is 9.40. The number of likely N-dealkylation sites (tertiary alicyclic amines) is 1. The number of benzene rings is 2. The SMILES string of the molecule is CCCN1C(=O)[C@H](CCCCNC(=O)OCc2ccccc2)NC(=O)C12CCN(Cc1c(C)n(C)n(-c3ccccc3)c1=O)CC2. The Hall–Kier alpha value is -4.38. The molecule has 0 radical (unpaired) electrons. The summed E-state index contributed by atoms with van der Waals surface area (Å²) >= 11 is 0. The largest absolute Gasteiger partial charge is 0.445 e. The molecule has 3 heterocycles. The number of hydrogen-bond donors (Lipinski definition) is 2. The second kappa shape index (κ2) is 14.8. The Kier molecular flexibility index (Phi) is 10.6. The first-order valence-corrected chi connectivity index (χ1v) is 16.4. The van der Waals surface area contributed by atoms with E-state index in [1.54, 1.807) is 4.68 Å². The van der Waals surface area contributed by atoms with Crippen LogP contribution in [0.2, 0.25) is 0 Å². The Morgan fingerprint density at radius 3 is 2.35 bits per heavy atom. The average molecular weight is 631 g/mol. The lowest BCUT2D eigenvalue weighted by Gasteiger charge is -2.51. The number of nitrogens with zero attached hydrogens (tertiary/aromatic N) is 4. The summed E-state index contributed by atoms with van der Waals surface area (Å²) in [5.41, 5.74) is 2.49. The molecule has 1 aromatic heterocycles. The van der Waals surface area contributed by atoms with Crippen LogP contribution in [0, 0.1) is 6.92 Å². The van der Waals surface area contributed by atoms with E-state index in [9.17, 15) is 19.2 Å². The van der Waals surface area contributed by atoms with E-state index in [4.69, 9.17) is 4.74 Å². The number of rotatable bonds is 12. The molecule has 46 heavy (non-hydrogen) atoms. The molecule has 2 aliphatic rings. The molecule has 2 aliphatic heterocycles. The number of piperidine rings is 1. The van der Waals surface area contributed by atoms with Gasteiger partial charge >= 0.3 is 6.09 Å². The van der Waals surface area contributed by atoms with E-state index in [2.05, 4.69) is 15.5 Å². The van der Waals surface area contributed by atoms with Gasteiger partial charge < -0.3 is 20.3 Å². The predicted molar refractivity (Wildman–Crippen MR) is 175 cm³/mol. The van der Waals surface area contributed by atoms with Crippen molar-refractivity contribution in [3.05, 3.63) is 87.8 Å². The number of nitrogens with one attached hydrogen (secondary N) is 2. The molecule has 0 unspecified atom stereocenters. The fourth-order valence-corrected chi connectivity index (χ4v) is 6.66.